The first-order valence-corrected chi connectivity index (χ1v) is 9.67. The molecule has 1 aromatic rings. The highest BCUT2D eigenvalue weighted by atomic mass is 127. The van der Waals surface area contributed by atoms with E-state index in [-0.39, 0.29) is 30.5 Å². The second-order valence-corrected chi connectivity index (χ2v) is 6.17. The summed E-state index contributed by atoms with van der Waals surface area (Å²) in [6.45, 7) is 8.29. The second kappa shape index (κ2) is 17.5. The van der Waals surface area contributed by atoms with Crippen molar-refractivity contribution in [3.8, 4) is 0 Å². The lowest BCUT2D eigenvalue weighted by molar-refractivity contribution is 0.0487. The Morgan fingerprint density at radius 2 is 1.81 bits per heavy atom. The molecule has 27 heavy (non-hydrogen) atoms. The van der Waals surface area contributed by atoms with Crippen LogP contribution in [0.25, 0.3) is 0 Å². The number of rotatable bonds is 13. The molecule has 3 N–H and O–H groups in total. The molecule has 0 amide bonds. The fraction of sp³-hybridized carbons (Fsp3) is 0.632. The van der Waals surface area contributed by atoms with Crippen molar-refractivity contribution in [1.29, 1.82) is 0 Å². The van der Waals surface area contributed by atoms with Gasteiger partial charge < -0.3 is 25.2 Å². The summed E-state index contributed by atoms with van der Waals surface area (Å²) < 4.78 is 11.0. The molecule has 8 heteroatoms. The summed E-state index contributed by atoms with van der Waals surface area (Å²) in [4.78, 5) is 4.40. The maximum atomic E-state index is 10.3. The van der Waals surface area contributed by atoms with E-state index in [1.807, 2.05) is 19.1 Å². The zero-order valence-corrected chi connectivity index (χ0v) is 19.3. The third-order valence-electron chi connectivity index (χ3n) is 3.58. The number of guanidine groups is 1. The molecule has 0 aliphatic rings. The highest BCUT2D eigenvalue weighted by Gasteiger charge is 2.10. The standard InChI is InChI=1S/C19H32ClN3O3.HI/c1-3-5-11-25-13-14-26-12-10-22-19(21-4-2)23-15-18(24)16-8-6-7-9-17(16)20;/h6-9,18,24H,3-5,10-15H2,1-2H3,(H2,21,22,23);1H. The molecule has 0 spiro atoms. The van der Waals surface area contributed by atoms with E-state index in [0.717, 1.165) is 26.0 Å². The van der Waals surface area contributed by atoms with Gasteiger partial charge in [0.2, 0.25) is 0 Å². The molecule has 0 aromatic heterocycles. The van der Waals surface area contributed by atoms with Gasteiger partial charge in [0, 0.05) is 30.3 Å². The van der Waals surface area contributed by atoms with Crippen LogP contribution >= 0.6 is 35.6 Å². The molecule has 6 nitrogen and oxygen atoms in total. The fourth-order valence-corrected chi connectivity index (χ4v) is 2.43. The molecule has 1 rings (SSSR count). The van der Waals surface area contributed by atoms with Crippen LogP contribution in [0.2, 0.25) is 5.02 Å². The third kappa shape index (κ3) is 12.5. The van der Waals surface area contributed by atoms with Crippen LogP contribution in [0.15, 0.2) is 29.3 Å². The first-order valence-electron chi connectivity index (χ1n) is 9.29. The van der Waals surface area contributed by atoms with Crippen LogP contribution in [-0.4, -0.2) is 57.1 Å². The van der Waals surface area contributed by atoms with Gasteiger partial charge in [0.25, 0.3) is 0 Å². The van der Waals surface area contributed by atoms with Gasteiger partial charge in [-0.1, -0.05) is 43.1 Å². The number of unbranched alkanes of at least 4 members (excludes halogenated alkanes) is 1. The lowest BCUT2D eigenvalue weighted by Gasteiger charge is -2.14. The topological polar surface area (TPSA) is 75.1 Å². The van der Waals surface area contributed by atoms with Gasteiger partial charge in [0.1, 0.15) is 6.10 Å². The molecule has 0 heterocycles. The third-order valence-corrected chi connectivity index (χ3v) is 3.93. The van der Waals surface area contributed by atoms with E-state index in [1.54, 1.807) is 12.1 Å². The van der Waals surface area contributed by atoms with Crippen LogP contribution in [0.3, 0.4) is 0 Å². The molecule has 0 aliphatic carbocycles. The fourth-order valence-electron chi connectivity index (χ4n) is 2.17. The summed E-state index contributed by atoms with van der Waals surface area (Å²) >= 11 is 6.10. The van der Waals surface area contributed by atoms with Crippen molar-refractivity contribution in [2.75, 3.05) is 46.1 Å². The van der Waals surface area contributed by atoms with Gasteiger partial charge in [-0.2, -0.15) is 0 Å². The van der Waals surface area contributed by atoms with Crippen LogP contribution in [0.1, 0.15) is 38.4 Å². The average molecular weight is 514 g/mol. The number of nitrogens with zero attached hydrogens (tertiary/aromatic N) is 1. The molecule has 156 valence electrons. The molecule has 0 bridgehead atoms. The van der Waals surface area contributed by atoms with Crippen LogP contribution < -0.4 is 10.6 Å². The minimum absolute atomic E-state index is 0. The van der Waals surface area contributed by atoms with Gasteiger partial charge in [0.15, 0.2) is 5.96 Å². The Morgan fingerprint density at radius 3 is 2.48 bits per heavy atom. The maximum Gasteiger partial charge on any atom is 0.191 e. The highest BCUT2D eigenvalue weighted by molar-refractivity contribution is 14.0. The van der Waals surface area contributed by atoms with Crippen molar-refractivity contribution in [3.05, 3.63) is 34.9 Å². The zero-order chi connectivity index (χ0) is 19.0. The smallest absolute Gasteiger partial charge is 0.191 e. The van der Waals surface area contributed by atoms with Crippen molar-refractivity contribution in [2.24, 2.45) is 4.99 Å². The number of aliphatic imine (C=N–C) groups is 1. The van der Waals surface area contributed by atoms with Crippen molar-refractivity contribution in [1.82, 2.24) is 10.6 Å². The number of hydrogen-bond acceptors (Lipinski definition) is 4. The molecule has 1 unspecified atom stereocenters. The van der Waals surface area contributed by atoms with E-state index >= 15 is 0 Å². The summed E-state index contributed by atoms with van der Waals surface area (Å²) in [5, 5.41) is 17.1. The molecule has 0 aliphatic heterocycles. The summed E-state index contributed by atoms with van der Waals surface area (Å²) in [5.74, 6) is 0.640. The summed E-state index contributed by atoms with van der Waals surface area (Å²) in [5.41, 5.74) is 0.681. The molecule has 0 saturated carbocycles. The van der Waals surface area contributed by atoms with Gasteiger partial charge in [0.05, 0.1) is 26.4 Å². The van der Waals surface area contributed by atoms with E-state index in [2.05, 4.69) is 22.5 Å². The highest BCUT2D eigenvalue weighted by Crippen LogP contribution is 2.22. The molecular weight excluding hydrogens is 481 g/mol. The first kappa shape index (κ1) is 26.4. The quantitative estimate of drug-likeness (QED) is 0.163. The predicted octanol–water partition coefficient (Wildman–Crippen LogP) is 3.38. The molecular formula is C19H33ClIN3O3. The number of aliphatic hydroxyl groups excluding tert-OH is 1. The second-order valence-electron chi connectivity index (χ2n) is 5.76. The van der Waals surface area contributed by atoms with E-state index in [9.17, 15) is 5.11 Å². The Balaban J connectivity index is 0.00000676. The Bertz CT molecular complexity index is 521. The largest absolute Gasteiger partial charge is 0.386 e. The summed E-state index contributed by atoms with van der Waals surface area (Å²) in [6, 6.07) is 7.25. The van der Waals surface area contributed by atoms with Crippen LogP contribution in [0.4, 0.5) is 0 Å². The molecule has 0 radical (unpaired) electrons. The predicted molar refractivity (Wildman–Crippen MR) is 122 cm³/mol. The van der Waals surface area contributed by atoms with Crippen molar-refractivity contribution < 1.29 is 14.6 Å². The van der Waals surface area contributed by atoms with Crippen molar-refractivity contribution in [2.45, 2.75) is 32.8 Å². The summed E-state index contributed by atoms with van der Waals surface area (Å²) in [7, 11) is 0. The Kier molecular flexibility index (Phi) is 17.1. The number of nitrogens with one attached hydrogen (secondary N) is 2. The van der Waals surface area contributed by atoms with Gasteiger partial charge in [-0.25, -0.2) is 0 Å². The summed E-state index contributed by atoms with van der Waals surface area (Å²) in [6.07, 6.45) is 1.49. The molecule has 1 atom stereocenters. The number of hydrogen-bond donors (Lipinski definition) is 3. The van der Waals surface area contributed by atoms with Crippen LogP contribution in [0.5, 0.6) is 0 Å². The van der Waals surface area contributed by atoms with Gasteiger partial charge in [-0.3, -0.25) is 4.99 Å². The van der Waals surface area contributed by atoms with E-state index < -0.39 is 6.10 Å². The van der Waals surface area contributed by atoms with E-state index in [4.69, 9.17) is 21.1 Å². The van der Waals surface area contributed by atoms with Crippen LogP contribution in [-0.2, 0) is 9.47 Å². The minimum atomic E-state index is -0.740. The van der Waals surface area contributed by atoms with Crippen molar-refractivity contribution >= 4 is 41.5 Å². The molecule has 0 saturated heterocycles. The lowest BCUT2D eigenvalue weighted by atomic mass is 10.1. The Labute approximate surface area is 185 Å². The molecule has 1 aromatic carbocycles. The molecule has 0 fully saturated rings. The maximum absolute atomic E-state index is 10.3. The number of aliphatic hydroxyl groups is 1. The van der Waals surface area contributed by atoms with Gasteiger partial charge >= 0.3 is 0 Å². The zero-order valence-electron chi connectivity index (χ0n) is 16.2. The number of ether oxygens (including phenoxy) is 2. The van der Waals surface area contributed by atoms with Gasteiger partial charge in [-0.05, 0) is 19.4 Å². The Morgan fingerprint density at radius 1 is 1.11 bits per heavy atom. The minimum Gasteiger partial charge on any atom is -0.386 e. The Hall–Kier alpha value is -0.610. The number of benzene rings is 1. The van der Waals surface area contributed by atoms with E-state index in [1.165, 1.54) is 0 Å². The SMILES string of the molecule is CCCCOCCOCCNC(=NCC(O)c1ccccc1Cl)NCC.I. The number of halogens is 2. The van der Waals surface area contributed by atoms with E-state index in [0.29, 0.717) is 42.9 Å². The average Bonchev–Trinajstić information content (AvgIpc) is 2.64. The first-order chi connectivity index (χ1) is 12.7. The normalized spacial score (nSPS) is 12.4. The van der Waals surface area contributed by atoms with Gasteiger partial charge in [-0.15, -0.1) is 24.0 Å². The van der Waals surface area contributed by atoms with Crippen LogP contribution in [0, 0.1) is 0 Å². The van der Waals surface area contributed by atoms with Crippen molar-refractivity contribution in [3.63, 3.8) is 0 Å². The lowest BCUT2D eigenvalue weighted by Crippen LogP contribution is -2.39. The monoisotopic (exact) mass is 513 g/mol.